The Kier molecular flexibility index (Phi) is 6.47. The van der Waals surface area contributed by atoms with Crippen molar-refractivity contribution in [1.29, 1.82) is 0 Å². The average Bonchev–Trinajstić information content (AvgIpc) is 3.41. The highest BCUT2D eigenvalue weighted by Gasteiger charge is 2.27. The zero-order chi connectivity index (χ0) is 20.9. The van der Waals surface area contributed by atoms with E-state index in [1.165, 1.54) is 5.56 Å². The summed E-state index contributed by atoms with van der Waals surface area (Å²) in [6, 6.07) is 14.1. The van der Waals surface area contributed by atoms with E-state index in [2.05, 4.69) is 44.6 Å². The molecule has 3 N–H and O–H groups in total. The molecule has 30 heavy (non-hydrogen) atoms. The van der Waals surface area contributed by atoms with Crippen LogP contribution in [0.3, 0.4) is 0 Å². The van der Waals surface area contributed by atoms with Crippen LogP contribution >= 0.6 is 12.2 Å². The molecule has 1 atom stereocenters. The Hall–Kier alpha value is -2.67. The molecule has 158 valence electrons. The summed E-state index contributed by atoms with van der Waals surface area (Å²) in [5, 5.41) is 4.14. The van der Waals surface area contributed by atoms with Gasteiger partial charge in [-0.2, -0.15) is 5.10 Å². The van der Waals surface area contributed by atoms with Crippen molar-refractivity contribution in [2.45, 2.75) is 25.7 Å². The Morgan fingerprint density at radius 3 is 2.63 bits per heavy atom. The van der Waals surface area contributed by atoms with Crippen LogP contribution in [0.4, 0.5) is 15.8 Å². The fourth-order valence-corrected chi connectivity index (χ4v) is 4.53. The number of hydrazone groups is 1. The third-order valence-electron chi connectivity index (χ3n) is 5.91. The van der Waals surface area contributed by atoms with Crippen molar-refractivity contribution in [3.8, 4) is 0 Å². The molecule has 0 amide bonds. The van der Waals surface area contributed by atoms with E-state index < -0.39 is 0 Å². The second-order valence-corrected chi connectivity index (χ2v) is 8.52. The normalized spacial score (nSPS) is 19.0. The molecule has 2 aromatic carbocycles. The van der Waals surface area contributed by atoms with Gasteiger partial charge in [-0.1, -0.05) is 30.3 Å². The van der Waals surface area contributed by atoms with Gasteiger partial charge in [0.1, 0.15) is 5.82 Å². The van der Waals surface area contributed by atoms with Gasteiger partial charge in [-0.3, -0.25) is 5.43 Å². The van der Waals surface area contributed by atoms with Crippen molar-refractivity contribution in [2.75, 3.05) is 36.0 Å². The lowest BCUT2D eigenvalue weighted by Crippen LogP contribution is -2.25. The van der Waals surface area contributed by atoms with E-state index in [1.54, 1.807) is 12.3 Å². The number of thiocarbonyl (C=S) groups is 1. The van der Waals surface area contributed by atoms with E-state index in [0.717, 1.165) is 63.1 Å². The van der Waals surface area contributed by atoms with E-state index in [4.69, 9.17) is 18.0 Å². The van der Waals surface area contributed by atoms with Crippen LogP contribution in [0, 0.1) is 11.7 Å². The van der Waals surface area contributed by atoms with Crippen LogP contribution in [0.1, 0.15) is 30.4 Å². The molecule has 0 spiro atoms. The number of rotatable bonds is 6. The smallest absolute Gasteiger partial charge is 0.184 e. The second kappa shape index (κ2) is 9.43. The minimum absolute atomic E-state index is 0.0904. The zero-order valence-corrected chi connectivity index (χ0v) is 17.9. The van der Waals surface area contributed by atoms with Crippen molar-refractivity contribution >= 4 is 34.9 Å². The van der Waals surface area contributed by atoms with Crippen LogP contribution in [0.15, 0.2) is 47.6 Å². The quantitative estimate of drug-likeness (QED) is 0.420. The van der Waals surface area contributed by atoms with E-state index in [-0.39, 0.29) is 10.9 Å². The molecule has 2 heterocycles. The first kappa shape index (κ1) is 20.6. The molecule has 0 radical (unpaired) electrons. The fourth-order valence-electron chi connectivity index (χ4n) is 4.47. The molecule has 1 unspecified atom stereocenters. The summed E-state index contributed by atoms with van der Waals surface area (Å²) in [6.45, 7) is 3.71. The van der Waals surface area contributed by atoms with Gasteiger partial charge in [-0.25, -0.2) is 4.39 Å². The molecule has 2 fully saturated rings. The van der Waals surface area contributed by atoms with Gasteiger partial charge >= 0.3 is 0 Å². The molecule has 5 nitrogen and oxygen atoms in total. The van der Waals surface area contributed by atoms with Crippen LogP contribution in [0.5, 0.6) is 0 Å². The first-order valence-electron chi connectivity index (χ1n) is 10.6. The largest absolute Gasteiger partial charge is 0.375 e. The van der Waals surface area contributed by atoms with Crippen LogP contribution < -0.4 is 21.0 Å². The van der Waals surface area contributed by atoms with E-state index in [0.29, 0.717) is 11.6 Å². The number of benzene rings is 2. The van der Waals surface area contributed by atoms with Crippen molar-refractivity contribution in [3.05, 3.63) is 59.4 Å². The minimum atomic E-state index is -0.213. The van der Waals surface area contributed by atoms with E-state index in [9.17, 15) is 0 Å². The third-order valence-corrected chi connectivity index (χ3v) is 6.01. The molecule has 0 aliphatic carbocycles. The molecule has 2 saturated heterocycles. The number of halogens is 1. The van der Waals surface area contributed by atoms with Gasteiger partial charge < -0.3 is 15.5 Å². The molecular formula is C23H28FN5S. The zero-order valence-electron chi connectivity index (χ0n) is 17.1. The highest BCUT2D eigenvalue weighted by Crippen LogP contribution is 2.34. The monoisotopic (exact) mass is 425 g/mol. The SMILES string of the molecule is NC(=S)N/N=C/c1cc(F)c(N2CCC(Cc3ccccc3)C2)cc1N1CCCC1. The highest BCUT2D eigenvalue weighted by molar-refractivity contribution is 7.80. The molecule has 2 aliphatic rings. The van der Waals surface area contributed by atoms with Crippen LogP contribution in [-0.4, -0.2) is 37.5 Å². The maximum Gasteiger partial charge on any atom is 0.184 e. The number of hydrogen-bond acceptors (Lipinski definition) is 4. The van der Waals surface area contributed by atoms with Gasteiger partial charge in [0.05, 0.1) is 11.9 Å². The summed E-state index contributed by atoms with van der Waals surface area (Å²) in [5.74, 6) is 0.327. The fraction of sp³-hybridized carbons (Fsp3) is 0.391. The molecule has 0 saturated carbocycles. The number of nitrogens with one attached hydrogen (secondary N) is 1. The average molecular weight is 426 g/mol. The Morgan fingerprint density at radius 1 is 1.13 bits per heavy atom. The minimum Gasteiger partial charge on any atom is -0.375 e. The highest BCUT2D eigenvalue weighted by atomic mass is 32.1. The molecule has 4 rings (SSSR count). The van der Waals surface area contributed by atoms with Gasteiger partial charge in [0.15, 0.2) is 5.11 Å². The second-order valence-electron chi connectivity index (χ2n) is 8.08. The molecule has 0 aromatic heterocycles. The Morgan fingerprint density at radius 2 is 1.90 bits per heavy atom. The molecule has 2 aromatic rings. The number of nitrogens with zero attached hydrogens (tertiary/aromatic N) is 3. The van der Waals surface area contributed by atoms with Gasteiger partial charge in [-0.05, 0) is 61.5 Å². The van der Waals surface area contributed by atoms with Crippen molar-refractivity contribution in [2.24, 2.45) is 16.8 Å². The van der Waals surface area contributed by atoms with E-state index >= 15 is 4.39 Å². The Labute approximate surface area is 182 Å². The van der Waals surface area contributed by atoms with Crippen molar-refractivity contribution in [3.63, 3.8) is 0 Å². The lowest BCUT2D eigenvalue weighted by Gasteiger charge is -2.25. The van der Waals surface area contributed by atoms with Crippen molar-refractivity contribution in [1.82, 2.24) is 5.43 Å². The summed E-state index contributed by atoms with van der Waals surface area (Å²) < 4.78 is 15.1. The lowest BCUT2D eigenvalue weighted by molar-refractivity contribution is 0.583. The molecule has 0 bridgehead atoms. The summed E-state index contributed by atoms with van der Waals surface area (Å²) in [7, 11) is 0. The standard InChI is InChI=1S/C23H28FN5S/c24-20-13-19(15-26-27-23(25)30)21(28-9-4-5-10-28)14-22(20)29-11-8-18(16-29)12-17-6-2-1-3-7-17/h1-3,6-7,13-15,18H,4-5,8-12,16H2,(H3,25,27,30)/b26-15+. The summed E-state index contributed by atoms with van der Waals surface area (Å²) >= 11 is 4.79. The van der Waals surface area contributed by atoms with Crippen LogP contribution in [0.25, 0.3) is 0 Å². The first-order valence-corrected chi connectivity index (χ1v) is 11.0. The van der Waals surface area contributed by atoms with Crippen molar-refractivity contribution < 1.29 is 4.39 Å². The summed E-state index contributed by atoms with van der Waals surface area (Å²) in [6.07, 6.45) is 6.01. The van der Waals surface area contributed by atoms with E-state index in [1.807, 2.05) is 12.1 Å². The lowest BCUT2D eigenvalue weighted by atomic mass is 9.99. The summed E-state index contributed by atoms with van der Waals surface area (Å²) in [5.41, 5.74) is 11.8. The summed E-state index contributed by atoms with van der Waals surface area (Å²) in [4.78, 5) is 4.50. The molecule has 7 heteroatoms. The predicted molar refractivity (Wildman–Crippen MR) is 126 cm³/mol. The third kappa shape index (κ3) is 4.90. The van der Waals surface area contributed by atoms with Crippen LogP contribution in [0.2, 0.25) is 0 Å². The molecule has 2 aliphatic heterocycles. The molecular weight excluding hydrogens is 397 g/mol. The number of hydrogen-bond donors (Lipinski definition) is 2. The predicted octanol–water partition coefficient (Wildman–Crippen LogP) is 3.66. The first-order chi connectivity index (χ1) is 14.6. The maximum atomic E-state index is 15.1. The van der Waals surface area contributed by atoms with Gasteiger partial charge in [-0.15, -0.1) is 0 Å². The number of anilines is 2. The number of nitrogens with two attached hydrogens (primary N) is 1. The Balaban J connectivity index is 1.55. The van der Waals surface area contributed by atoms with Gasteiger partial charge in [0.2, 0.25) is 0 Å². The topological polar surface area (TPSA) is 56.9 Å². The van der Waals surface area contributed by atoms with Crippen LogP contribution in [-0.2, 0) is 6.42 Å². The maximum absolute atomic E-state index is 15.1. The van der Waals surface area contributed by atoms with Gasteiger partial charge in [0, 0.05) is 37.4 Å². The Bertz CT molecular complexity index is 911. The van der Waals surface area contributed by atoms with Gasteiger partial charge in [0.25, 0.3) is 0 Å².